The molecule has 0 aromatic heterocycles. The highest BCUT2D eigenvalue weighted by atomic mass is 35.5. The Kier molecular flexibility index (Phi) is 5.92. The second-order valence-corrected chi connectivity index (χ2v) is 8.26. The maximum atomic E-state index is 12.4. The lowest BCUT2D eigenvalue weighted by Gasteiger charge is -2.28. The van der Waals surface area contributed by atoms with E-state index in [0.29, 0.717) is 30.8 Å². The number of anilines is 1. The minimum absolute atomic E-state index is 0.142. The molecular weight excluding hydrogens is 336 g/mol. The summed E-state index contributed by atoms with van der Waals surface area (Å²) in [6.07, 6.45) is 3.46. The Morgan fingerprint density at radius 3 is 2.70 bits per heavy atom. The number of carbonyl (C=O) groups excluding carboxylic acids is 1. The molecule has 0 atom stereocenters. The molecule has 1 heterocycles. The maximum Gasteiger partial charge on any atom is 0.255 e. The van der Waals surface area contributed by atoms with Crippen molar-refractivity contribution in [2.75, 3.05) is 30.2 Å². The number of hydrogen-bond donors (Lipinski definition) is 0. The highest BCUT2D eigenvalue weighted by Crippen LogP contribution is 2.28. The van der Waals surface area contributed by atoms with E-state index in [1.165, 1.54) is 4.31 Å². The summed E-state index contributed by atoms with van der Waals surface area (Å²) in [7, 11) is -1.53. The van der Waals surface area contributed by atoms with Crippen molar-refractivity contribution in [3.63, 3.8) is 0 Å². The Labute approximate surface area is 143 Å². The van der Waals surface area contributed by atoms with E-state index in [-0.39, 0.29) is 16.7 Å². The van der Waals surface area contributed by atoms with E-state index in [2.05, 4.69) is 6.92 Å². The zero-order valence-electron chi connectivity index (χ0n) is 13.6. The van der Waals surface area contributed by atoms with E-state index in [0.717, 1.165) is 19.3 Å². The number of rotatable bonds is 5. The summed E-state index contributed by atoms with van der Waals surface area (Å²) >= 11 is 6.25. The predicted molar refractivity (Wildman–Crippen MR) is 93.7 cm³/mol. The molecule has 1 saturated heterocycles. The molecule has 0 aliphatic carbocycles. The van der Waals surface area contributed by atoms with E-state index in [9.17, 15) is 13.2 Å². The van der Waals surface area contributed by atoms with Crippen LogP contribution in [0.2, 0.25) is 5.02 Å². The van der Waals surface area contributed by atoms with Gasteiger partial charge in [-0.1, -0.05) is 24.9 Å². The molecule has 0 saturated carbocycles. The third-order valence-electron chi connectivity index (χ3n) is 4.01. The fraction of sp³-hybridized carbons (Fsp3) is 0.562. The standard InChI is InChI=1S/C16H23ClN2O3S/c1-3-4-9-18(2)16(20)14-8-7-13(12-15(14)17)19-10-5-6-11-23(19,21)22/h7-8,12H,3-6,9-11H2,1-2H3. The fourth-order valence-electron chi connectivity index (χ4n) is 2.61. The molecule has 1 amide bonds. The highest BCUT2D eigenvalue weighted by molar-refractivity contribution is 7.92. The van der Waals surface area contributed by atoms with Gasteiger partial charge in [0.25, 0.3) is 5.91 Å². The molecule has 0 radical (unpaired) electrons. The third kappa shape index (κ3) is 4.18. The molecule has 1 aromatic rings. The van der Waals surface area contributed by atoms with Crippen LogP contribution in [0.4, 0.5) is 5.69 Å². The van der Waals surface area contributed by atoms with Crippen LogP contribution < -0.4 is 4.31 Å². The van der Waals surface area contributed by atoms with Crippen molar-refractivity contribution in [1.29, 1.82) is 0 Å². The smallest absolute Gasteiger partial charge is 0.255 e. The zero-order valence-corrected chi connectivity index (χ0v) is 15.2. The molecular formula is C16H23ClN2O3S. The lowest BCUT2D eigenvalue weighted by Crippen LogP contribution is -2.37. The summed E-state index contributed by atoms with van der Waals surface area (Å²) in [5, 5.41) is 0.289. The van der Waals surface area contributed by atoms with Gasteiger partial charge in [0.05, 0.1) is 22.0 Å². The quantitative estimate of drug-likeness (QED) is 0.812. The Hall–Kier alpha value is -1.27. The van der Waals surface area contributed by atoms with E-state index in [4.69, 9.17) is 11.6 Å². The lowest BCUT2D eigenvalue weighted by molar-refractivity contribution is 0.0793. The van der Waals surface area contributed by atoms with Crippen LogP contribution >= 0.6 is 11.6 Å². The summed E-state index contributed by atoms with van der Waals surface area (Å²) < 4.78 is 25.7. The number of halogens is 1. The van der Waals surface area contributed by atoms with Gasteiger partial charge in [0.1, 0.15) is 0 Å². The number of hydrogen-bond acceptors (Lipinski definition) is 3. The molecule has 128 valence electrons. The molecule has 1 aliphatic rings. The van der Waals surface area contributed by atoms with E-state index in [1.807, 2.05) is 0 Å². The molecule has 1 aromatic carbocycles. The van der Waals surface area contributed by atoms with Gasteiger partial charge >= 0.3 is 0 Å². The molecule has 0 bridgehead atoms. The maximum absolute atomic E-state index is 12.4. The zero-order chi connectivity index (χ0) is 17.0. The monoisotopic (exact) mass is 358 g/mol. The van der Waals surface area contributed by atoms with Gasteiger partial charge < -0.3 is 4.90 Å². The predicted octanol–water partition coefficient (Wildman–Crippen LogP) is 3.14. The number of unbranched alkanes of at least 4 members (excludes halogenated alkanes) is 1. The first-order valence-electron chi connectivity index (χ1n) is 7.92. The topological polar surface area (TPSA) is 57.7 Å². The van der Waals surface area contributed by atoms with Gasteiger partial charge in [-0.15, -0.1) is 0 Å². The first-order chi connectivity index (χ1) is 10.9. The van der Waals surface area contributed by atoms with Crippen molar-refractivity contribution in [3.05, 3.63) is 28.8 Å². The molecule has 5 nitrogen and oxygen atoms in total. The van der Waals surface area contributed by atoms with Gasteiger partial charge in [-0.3, -0.25) is 9.10 Å². The molecule has 7 heteroatoms. The van der Waals surface area contributed by atoms with Crippen LogP contribution in [0.5, 0.6) is 0 Å². The van der Waals surface area contributed by atoms with Gasteiger partial charge in [-0.2, -0.15) is 0 Å². The first kappa shape index (κ1) is 18.1. The van der Waals surface area contributed by atoms with Crippen LogP contribution in [0.1, 0.15) is 43.0 Å². The first-order valence-corrected chi connectivity index (χ1v) is 9.91. The van der Waals surface area contributed by atoms with Crippen LogP contribution in [0, 0.1) is 0 Å². The minimum atomic E-state index is -3.28. The average Bonchev–Trinajstić information content (AvgIpc) is 2.51. The van der Waals surface area contributed by atoms with E-state index < -0.39 is 10.0 Å². The van der Waals surface area contributed by atoms with Gasteiger partial charge in [-0.05, 0) is 37.5 Å². The van der Waals surface area contributed by atoms with E-state index in [1.54, 1.807) is 30.1 Å². The second kappa shape index (κ2) is 7.53. The van der Waals surface area contributed by atoms with Gasteiger partial charge in [0.2, 0.25) is 10.0 Å². The van der Waals surface area contributed by atoms with Crippen molar-refractivity contribution in [2.45, 2.75) is 32.6 Å². The van der Waals surface area contributed by atoms with Gasteiger partial charge in [0, 0.05) is 20.1 Å². The molecule has 1 aliphatic heterocycles. The van der Waals surface area contributed by atoms with Gasteiger partial charge in [-0.25, -0.2) is 8.42 Å². The van der Waals surface area contributed by atoms with Gasteiger partial charge in [0.15, 0.2) is 0 Å². The second-order valence-electron chi connectivity index (χ2n) is 5.84. The highest BCUT2D eigenvalue weighted by Gasteiger charge is 2.27. The molecule has 0 N–H and O–H groups in total. The summed E-state index contributed by atoms with van der Waals surface area (Å²) in [4.78, 5) is 14.0. The van der Waals surface area contributed by atoms with Crippen molar-refractivity contribution < 1.29 is 13.2 Å². The third-order valence-corrected chi connectivity index (χ3v) is 6.20. The molecule has 0 spiro atoms. The van der Waals surface area contributed by atoms with Crippen molar-refractivity contribution in [2.24, 2.45) is 0 Å². The van der Waals surface area contributed by atoms with Crippen LogP contribution in [0.3, 0.4) is 0 Å². The van der Waals surface area contributed by atoms with E-state index >= 15 is 0 Å². The van der Waals surface area contributed by atoms with Crippen LogP contribution in [-0.2, 0) is 10.0 Å². The Morgan fingerprint density at radius 2 is 2.09 bits per heavy atom. The molecule has 2 rings (SSSR count). The Balaban J connectivity index is 2.22. The molecule has 23 heavy (non-hydrogen) atoms. The molecule has 1 fully saturated rings. The number of amides is 1. The minimum Gasteiger partial charge on any atom is -0.342 e. The van der Waals surface area contributed by atoms with Crippen LogP contribution in [0.15, 0.2) is 18.2 Å². The number of benzene rings is 1. The summed E-state index contributed by atoms with van der Waals surface area (Å²) in [5.74, 6) is 0.0157. The van der Waals surface area contributed by atoms with Crippen molar-refractivity contribution >= 4 is 33.2 Å². The normalized spacial score (nSPS) is 17.1. The number of carbonyl (C=O) groups is 1. The number of sulfonamides is 1. The lowest BCUT2D eigenvalue weighted by atomic mass is 10.1. The summed E-state index contributed by atoms with van der Waals surface area (Å²) in [6.45, 7) is 3.20. The molecule has 0 unspecified atom stereocenters. The van der Waals surface area contributed by atoms with Crippen LogP contribution in [-0.4, -0.2) is 45.1 Å². The largest absolute Gasteiger partial charge is 0.342 e. The van der Waals surface area contributed by atoms with Crippen molar-refractivity contribution in [1.82, 2.24) is 4.90 Å². The summed E-state index contributed by atoms with van der Waals surface area (Å²) in [5.41, 5.74) is 0.936. The fourth-order valence-corrected chi connectivity index (χ4v) is 4.50. The average molecular weight is 359 g/mol. The number of nitrogens with zero attached hydrogens (tertiary/aromatic N) is 2. The Bertz CT molecular complexity index is 676. The SMILES string of the molecule is CCCCN(C)C(=O)c1ccc(N2CCCCS2(=O)=O)cc1Cl. The Morgan fingerprint density at radius 1 is 1.35 bits per heavy atom. The summed E-state index contributed by atoms with van der Waals surface area (Å²) in [6, 6.07) is 4.85. The van der Waals surface area contributed by atoms with Crippen molar-refractivity contribution in [3.8, 4) is 0 Å². The van der Waals surface area contributed by atoms with Crippen LogP contribution in [0.25, 0.3) is 0 Å².